The van der Waals surface area contributed by atoms with Gasteiger partial charge in [0.15, 0.2) is 0 Å². The summed E-state index contributed by atoms with van der Waals surface area (Å²) in [5, 5.41) is 0.631. The second-order valence-electron chi connectivity index (χ2n) is 6.63. The maximum absolute atomic E-state index is 12.7. The Balaban J connectivity index is 1.59. The normalized spacial score (nSPS) is 17.4. The summed E-state index contributed by atoms with van der Waals surface area (Å²) in [5.74, 6) is 0.211. The van der Waals surface area contributed by atoms with Gasteiger partial charge < -0.3 is 4.90 Å². The standard InChI is InChI=1S/C20H19N3O2/c1-14-7-8-18-17(9-14)20(25)22(13-21-18)11-15-10-19(24)23(12-15)16-5-3-2-4-6-16/h2-9,13,15H,10-12H2,1H3/t15-/m0/s1. The van der Waals surface area contributed by atoms with E-state index in [-0.39, 0.29) is 17.4 Å². The van der Waals surface area contributed by atoms with E-state index in [0.717, 1.165) is 11.3 Å². The van der Waals surface area contributed by atoms with Crippen LogP contribution in [0.1, 0.15) is 12.0 Å². The van der Waals surface area contributed by atoms with Gasteiger partial charge in [-0.25, -0.2) is 4.98 Å². The summed E-state index contributed by atoms with van der Waals surface area (Å²) in [6, 6.07) is 15.4. The number of carbonyl (C=O) groups excluding carboxylic acids is 1. The number of rotatable bonds is 3. The first-order chi connectivity index (χ1) is 12.1. The number of anilines is 1. The summed E-state index contributed by atoms with van der Waals surface area (Å²) >= 11 is 0. The largest absolute Gasteiger partial charge is 0.312 e. The highest BCUT2D eigenvalue weighted by Gasteiger charge is 2.30. The van der Waals surface area contributed by atoms with E-state index in [1.165, 1.54) is 0 Å². The molecule has 1 atom stereocenters. The summed E-state index contributed by atoms with van der Waals surface area (Å²) in [6.07, 6.45) is 2.04. The van der Waals surface area contributed by atoms with Crippen LogP contribution in [0.2, 0.25) is 0 Å². The van der Waals surface area contributed by atoms with Gasteiger partial charge in [-0.3, -0.25) is 14.2 Å². The van der Waals surface area contributed by atoms with E-state index in [2.05, 4.69) is 4.98 Å². The molecule has 25 heavy (non-hydrogen) atoms. The average molecular weight is 333 g/mol. The third-order valence-electron chi connectivity index (χ3n) is 4.71. The van der Waals surface area contributed by atoms with Gasteiger partial charge in [0.25, 0.3) is 5.56 Å². The van der Waals surface area contributed by atoms with Crippen molar-refractivity contribution in [3.63, 3.8) is 0 Å². The van der Waals surface area contributed by atoms with Gasteiger partial charge in [0, 0.05) is 31.1 Å². The van der Waals surface area contributed by atoms with Crippen LogP contribution in [-0.2, 0) is 11.3 Å². The summed E-state index contributed by atoms with van der Waals surface area (Å²) in [5.41, 5.74) is 2.62. The van der Waals surface area contributed by atoms with Gasteiger partial charge in [0.2, 0.25) is 5.91 Å². The topological polar surface area (TPSA) is 55.2 Å². The lowest BCUT2D eigenvalue weighted by Crippen LogP contribution is -2.27. The average Bonchev–Trinajstić information content (AvgIpc) is 2.99. The number of aryl methyl sites for hydroxylation is 1. The van der Waals surface area contributed by atoms with Gasteiger partial charge in [-0.05, 0) is 31.2 Å². The predicted octanol–water partition coefficient (Wildman–Crippen LogP) is 2.76. The molecule has 0 saturated carbocycles. The number of nitrogens with zero attached hydrogens (tertiary/aromatic N) is 3. The van der Waals surface area contributed by atoms with E-state index >= 15 is 0 Å². The molecule has 2 aromatic carbocycles. The molecule has 1 aromatic heterocycles. The smallest absolute Gasteiger partial charge is 0.261 e. The van der Waals surface area contributed by atoms with Crippen LogP contribution >= 0.6 is 0 Å². The van der Waals surface area contributed by atoms with Crippen molar-refractivity contribution in [2.24, 2.45) is 5.92 Å². The SMILES string of the molecule is Cc1ccc2ncn(C[C@@H]3CC(=O)N(c4ccccc4)C3)c(=O)c2c1. The Morgan fingerprint density at radius 3 is 2.72 bits per heavy atom. The molecule has 1 aliphatic heterocycles. The first-order valence-electron chi connectivity index (χ1n) is 8.43. The lowest BCUT2D eigenvalue weighted by molar-refractivity contribution is -0.117. The van der Waals surface area contributed by atoms with Crippen molar-refractivity contribution >= 4 is 22.5 Å². The third kappa shape index (κ3) is 2.93. The minimum absolute atomic E-state index is 0.0423. The zero-order valence-electron chi connectivity index (χ0n) is 14.1. The minimum Gasteiger partial charge on any atom is -0.312 e. The van der Waals surface area contributed by atoms with Crippen LogP contribution in [0.4, 0.5) is 5.69 Å². The van der Waals surface area contributed by atoms with Gasteiger partial charge >= 0.3 is 0 Å². The number of para-hydroxylation sites is 1. The van der Waals surface area contributed by atoms with Gasteiger partial charge in [-0.1, -0.05) is 29.8 Å². The molecule has 2 heterocycles. The quantitative estimate of drug-likeness (QED) is 0.740. The van der Waals surface area contributed by atoms with E-state index in [4.69, 9.17) is 0 Å². The summed E-state index contributed by atoms with van der Waals surface area (Å²) < 4.78 is 1.63. The van der Waals surface area contributed by atoms with Crippen LogP contribution in [0, 0.1) is 12.8 Å². The highest BCUT2D eigenvalue weighted by atomic mass is 16.2. The van der Waals surface area contributed by atoms with Crippen LogP contribution in [0.5, 0.6) is 0 Å². The molecule has 0 aliphatic carbocycles. The van der Waals surface area contributed by atoms with Crippen molar-refractivity contribution in [1.82, 2.24) is 9.55 Å². The van der Waals surface area contributed by atoms with Gasteiger partial charge in [0.05, 0.1) is 17.2 Å². The Hall–Kier alpha value is -2.95. The van der Waals surface area contributed by atoms with E-state index < -0.39 is 0 Å². The molecule has 126 valence electrons. The van der Waals surface area contributed by atoms with E-state index in [1.54, 1.807) is 15.8 Å². The van der Waals surface area contributed by atoms with E-state index in [0.29, 0.717) is 30.4 Å². The molecular formula is C20H19N3O2. The van der Waals surface area contributed by atoms with Gasteiger partial charge in [-0.15, -0.1) is 0 Å². The number of hydrogen-bond acceptors (Lipinski definition) is 3. The van der Waals surface area contributed by atoms with Gasteiger partial charge in [-0.2, -0.15) is 0 Å². The molecule has 0 bridgehead atoms. The maximum Gasteiger partial charge on any atom is 0.261 e. The van der Waals surface area contributed by atoms with Crippen LogP contribution < -0.4 is 10.5 Å². The first-order valence-corrected chi connectivity index (χ1v) is 8.43. The first kappa shape index (κ1) is 15.6. The molecule has 3 aromatic rings. The number of carbonyl (C=O) groups is 1. The van der Waals surface area contributed by atoms with Crippen molar-refractivity contribution in [3.8, 4) is 0 Å². The Labute approximate surface area is 145 Å². The fourth-order valence-electron chi connectivity index (χ4n) is 3.44. The number of benzene rings is 2. The lowest BCUT2D eigenvalue weighted by atomic mass is 10.1. The van der Waals surface area contributed by atoms with E-state index in [1.807, 2.05) is 55.5 Å². The molecule has 0 radical (unpaired) electrons. The van der Waals surface area contributed by atoms with Crippen LogP contribution in [0.25, 0.3) is 10.9 Å². The lowest BCUT2D eigenvalue weighted by Gasteiger charge is -2.17. The Morgan fingerprint density at radius 1 is 1.12 bits per heavy atom. The van der Waals surface area contributed by atoms with Crippen LogP contribution in [0.3, 0.4) is 0 Å². The zero-order chi connectivity index (χ0) is 17.4. The molecule has 1 saturated heterocycles. The molecule has 5 nitrogen and oxygen atoms in total. The van der Waals surface area contributed by atoms with Crippen molar-refractivity contribution < 1.29 is 4.79 Å². The molecule has 4 rings (SSSR count). The number of amides is 1. The zero-order valence-corrected chi connectivity index (χ0v) is 14.1. The second-order valence-corrected chi connectivity index (χ2v) is 6.63. The van der Waals surface area contributed by atoms with Crippen molar-refractivity contribution in [3.05, 3.63) is 70.8 Å². The molecule has 1 amide bonds. The van der Waals surface area contributed by atoms with Gasteiger partial charge in [0.1, 0.15) is 0 Å². The highest BCUT2D eigenvalue weighted by Crippen LogP contribution is 2.25. The monoisotopic (exact) mass is 333 g/mol. The molecule has 1 fully saturated rings. The van der Waals surface area contributed by atoms with Crippen LogP contribution in [0.15, 0.2) is 59.7 Å². The molecule has 1 aliphatic rings. The number of hydrogen-bond donors (Lipinski definition) is 0. The molecular weight excluding hydrogens is 314 g/mol. The Morgan fingerprint density at radius 2 is 1.92 bits per heavy atom. The number of fused-ring (bicyclic) bond motifs is 1. The van der Waals surface area contributed by atoms with Crippen molar-refractivity contribution in [2.75, 3.05) is 11.4 Å². The van der Waals surface area contributed by atoms with E-state index in [9.17, 15) is 9.59 Å². The molecule has 0 N–H and O–H groups in total. The molecule has 0 spiro atoms. The fourth-order valence-corrected chi connectivity index (χ4v) is 3.44. The summed E-state index contributed by atoms with van der Waals surface area (Å²) in [4.78, 5) is 31.3. The highest BCUT2D eigenvalue weighted by molar-refractivity contribution is 5.95. The summed E-state index contributed by atoms with van der Waals surface area (Å²) in [6.45, 7) is 3.09. The minimum atomic E-state index is -0.0423. The van der Waals surface area contributed by atoms with Crippen molar-refractivity contribution in [1.29, 1.82) is 0 Å². The van der Waals surface area contributed by atoms with Crippen molar-refractivity contribution in [2.45, 2.75) is 19.9 Å². The Kier molecular flexibility index (Phi) is 3.84. The predicted molar refractivity (Wildman–Crippen MR) is 97.6 cm³/mol. The molecule has 5 heteroatoms. The third-order valence-corrected chi connectivity index (χ3v) is 4.71. The Bertz CT molecular complexity index is 995. The summed E-state index contributed by atoms with van der Waals surface area (Å²) in [7, 11) is 0. The van der Waals surface area contributed by atoms with Crippen LogP contribution in [-0.4, -0.2) is 22.0 Å². The molecule has 0 unspecified atom stereocenters. The number of aromatic nitrogens is 2. The fraction of sp³-hybridized carbons (Fsp3) is 0.250. The second kappa shape index (κ2) is 6.16. The maximum atomic E-state index is 12.7.